The molecule has 0 saturated heterocycles. The van der Waals surface area contributed by atoms with E-state index in [1.807, 2.05) is 0 Å². The summed E-state index contributed by atoms with van der Waals surface area (Å²) in [7, 11) is -2.51. The number of hydrogen-bond donors (Lipinski definition) is 1. The summed E-state index contributed by atoms with van der Waals surface area (Å²) in [6, 6.07) is 10.3. The quantitative estimate of drug-likeness (QED) is 0.590. The van der Waals surface area contributed by atoms with Crippen LogP contribution in [0.2, 0.25) is 15.1 Å². The first kappa shape index (κ1) is 23.9. The first-order valence-electron chi connectivity index (χ1n) is 8.62. The van der Waals surface area contributed by atoms with Gasteiger partial charge in [-0.2, -0.15) is 4.31 Å². The van der Waals surface area contributed by atoms with Crippen molar-refractivity contribution in [3.63, 3.8) is 0 Å². The fraction of sp³-hybridized carbons (Fsp3) is 0.316. The number of methoxy groups -OCH3 is 1. The summed E-state index contributed by atoms with van der Waals surface area (Å²) in [4.78, 5) is 12.5. The summed E-state index contributed by atoms with van der Waals surface area (Å²) in [5.41, 5.74) is 0.408. The van der Waals surface area contributed by atoms with Crippen molar-refractivity contribution in [2.45, 2.75) is 24.4 Å². The van der Waals surface area contributed by atoms with Crippen LogP contribution >= 0.6 is 34.8 Å². The molecular weight excluding hydrogens is 459 g/mol. The van der Waals surface area contributed by atoms with Gasteiger partial charge in [0.2, 0.25) is 15.9 Å². The number of nitrogens with zero attached hydrogens (tertiary/aromatic N) is 1. The largest absolute Gasteiger partial charge is 0.383 e. The summed E-state index contributed by atoms with van der Waals surface area (Å²) in [5.74, 6) is -0.477. The van der Waals surface area contributed by atoms with Gasteiger partial charge in [0.05, 0.1) is 18.0 Å². The number of amides is 1. The van der Waals surface area contributed by atoms with Gasteiger partial charge in [-0.05, 0) is 43.3 Å². The molecule has 10 heteroatoms. The van der Waals surface area contributed by atoms with Crippen LogP contribution in [-0.4, -0.2) is 44.9 Å². The lowest BCUT2D eigenvalue weighted by Gasteiger charge is -2.24. The van der Waals surface area contributed by atoms with Crippen LogP contribution in [0.5, 0.6) is 0 Å². The Labute approximate surface area is 185 Å². The van der Waals surface area contributed by atoms with Gasteiger partial charge < -0.3 is 10.1 Å². The number of ether oxygens (including phenoxy) is 1. The number of hydrogen-bond acceptors (Lipinski definition) is 4. The van der Waals surface area contributed by atoms with Gasteiger partial charge in [0.1, 0.15) is 0 Å². The molecule has 158 valence electrons. The second kappa shape index (κ2) is 10.6. The number of rotatable bonds is 9. The molecule has 2 rings (SSSR count). The third-order valence-electron chi connectivity index (χ3n) is 3.99. The predicted octanol–water partition coefficient (Wildman–Crippen LogP) is 3.99. The van der Waals surface area contributed by atoms with Crippen LogP contribution in [0.3, 0.4) is 0 Å². The lowest BCUT2D eigenvalue weighted by Crippen LogP contribution is -2.44. The number of carbonyl (C=O) groups is 1. The van der Waals surface area contributed by atoms with Gasteiger partial charge in [0, 0.05) is 40.3 Å². The molecule has 0 fully saturated rings. The molecule has 0 unspecified atom stereocenters. The number of sulfonamides is 1. The first-order valence-corrected chi connectivity index (χ1v) is 11.2. The fourth-order valence-electron chi connectivity index (χ4n) is 2.61. The van der Waals surface area contributed by atoms with Crippen LogP contribution in [0.1, 0.15) is 12.5 Å². The minimum Gasteiger partial charge on any atom is -0.383 e. The van der Waals surface area contributed by atoms with Crippen molar-refractivity contribution in [3.8, 4) is 0 Å². The number of halogens is 3. The molecule has 1 amide bonds. The highest BCUT2D eigenvalue weighted by molar-refractivity contribution is 7.89. The Morgan fingerprint density at radius 2 is 1.69 bits per heavy atom. The molecule has 2 aromatic rings. The number of carbonyl (C=O) groups excluding carboxylic acids is 1. The minimum absolute atomic E-state index is 0.00261. The average Bonchev–Trinajstić information content (AvgIpc) is 2.64. The minimum atomic E-state index is -4.03. The molecule has 0 aliphatic rings. The molecule has 0 spiro atoms. The van der Waals surface area contributed by atoms with Gasteiger partial charge >= 0.3 is 0 Å². The van der Waals surface area contributed by atoms with E-state index in [-0.39, 0.29) is 17.5 Å². The Hall–Kier alpha value is -1.35. The molecule has 1 atom stereocenters. The normalized spacial score (nSPS) is 12.8. The highest BCUT2D eigenvalue weighted by Crippen LogP contribution is 2.28. The van der Waals surface area contributed by atoms with E-state index in [0.717, 1.165) is 4.31 Å². The molecule has 0 bridgehead atoms. The average molecular weight is 480 g/mol. The van der Waals surface area contributed by atoms with E-state index in [4.69, 9.17) is 39.5 Å². The molecule has 0 aliphatic carbocycles. The zero-order valence-electron chi connectivity index (χ0n) is 15.9. The van der Waals surface area contributed by atoms with Crippen LogP contribution in [0.25, 0.3) is 0 Å². The summed E-state index contributed by atoms with van der Waals surface area (Å²) < 4.78 is 32.4. The van der Waals surface area contributed by atoms with Gasteiger partial charge in [-0.15, -0.1) is 0 Å². The molecule has 29 heavy (non-hydrogen) atoms. The van der Waals surface area contributed by atoms with Gasteiger partial charge in [0.15, 0.2) is 0 Å². The SMILES string of the molecule is COC[C@H](C)NC(=O)CN(Cc1c(Cl)cccc1Cl)S(=O)(=O)c1ccc(Cl)cc1. The molecule has 0 heterocycles. The van der Waals surface area contributed by atoms with Crippen molar-refractivity contribution in [1.82, 2.24) is 9.62 Å². The zero-order valence-corrected chi connectivity index (χ0v) is 18.9. The lowest BCUT2D eigenvalue weighted by molar-refractivity contribution is -0.122. The van der Waals surface area contributed by atoms with Crippen molar-refractivity contribution in [1.29, 1.82) is 0 Å². The number of benzene rings is 2. The Morgan fingerprint density at radius 3 is 2.24 bits per heavy atom. The Morgan fingerprint density at radius 1 is 1.10 bits per heavy atom. The van der Waals surface area contributed by atoms with E-state index in [0.29, 0.717) is 27.2 Å². The molecular formula is C19H21Cl3N2O4S. The molecule has 6 nitrogen and oxygen atoms in total. The Bertz CT molecular complexity index is 932. The van der Waals surface area contributed by atoms with Gasteiger partial charge in [-0.3, -0.25) is 4.79 Å². The maximum absolute atomic E-state index is 13.2. The summed E-state index contributed by atoms with van der Waals surface area (Å²) in [5, 5.41) is 3.72. The third kappa shape index (κ3) is 6.57. The molecule has 2 aromatic carbocycles. The van der Waals surface area contributed by atoms with E-state index in [1.54, 1.807) is 25.1 Å². The van der Waals surface area contributed by atoms with Crippen LogP contribution < -0.4 is 5.32 Å². The second-order valence-electron chi connectivity index (χ2n) is 6.35. The highest BCUT2D eigenvalue weighted by Gasteiger charge is 2.28. The molecule has 0 aromatic heterocycles. The second-order valence-corrected chi connectivity index (χ2v) is 9.54. The zero-order chi connectivity index (χ0) is 21.6. The topological polar surface area (TPSA) is 75.7 Å². The summed E-state index contributed by atoms with van der Waals surface area (Å²) >= 11 is 18.3. The predicted molar refractivity (Wildman–Crippen MR) is 115 cm³/mol. The van der Waals surface area contributed by atoms with Crippen molar-refractivity contribution in [2.75, 3.05) is 20.3 Å². The standard InChI is InChI=1S/C19H21Cl3N2O4S/c1-13(12-28-2)23-19(25)11-24(10-16-17(21)4-3-5-18(16)22)29(26,27)15-8-6-14(20)7-9-15/h3-9,13H,10-12H2,1-2H3,(H,23,25)/t13-/m0/s1. The third-order valence-corrected chi connectivity index (χ3v) is 6.76. The van der Waals surface area contributed by atoms with E-state index in [9.17, 15) is 13.2 Å². The monoisotopic (exact) mass is 478 g/mol. The van der Waals surface area contributed by atoms with Crippen LogP contribution in [-0.2, 0) is 26.1 Å². The molecule has 0 radical (unpaired) electrons. The summed E-state index contributed by atoms with van der Waals surface area (Å²) in [6.07, 6.45) is 0. The van der Waals surface area contributed by atoms with E-state index >= 15 is 0 Å². The lowest BCUT2D eigenvalue weighted by atomic mass is 10.2. The fourth-order valence-corrected chi connectivity index (χ4v) is 4.62. The van der Waals surface area contributed by atoms with E-state index in [2.05, 4.69) is 5.32 Å². The van der Waals surface area contributed by atoms with Gasteiger partial charge in [-0.1, -0.05) is 40.9 Å². The molecule has 0 saturated carbocycles. The first-order chi connectivity index (χ1) is 13.6. The van der Waals surface area contributed by atoms with Crippen molar-refractivity contribution in [3.05, 3.63) is 63.1 Å². The maximum atomic E-state index is 13.2. The van der Waals surface area contributed by atoms with Crippen molar-refractivity contribution < 1.29 is 17.9 Å². The van der Waals surface area contributed by atoms with Gasteiger partial charge in [0.25, 0.3) is 0 Å². The van der Waals surface area contributed by atoms with E-state index in [1.165, 1.54) is 31.4 Å². The maximum Gasteiger partial charge on any atom is 0.243 e. The van der Waals surface area contributed by atoms with E-state index < -0.39 is 22.5 Å². The van der Waals surface area contributed by atoms with Crippen molar-refractivity contribution in [2.24, 2.45) is 0 Å². The van der Waals surface area contributed by atoms with Gasteiger partial charge in [-0.25, -0.2) is 8.42 Å². The Balaban J connectivity index is 2.36. The summed E-state index contributed by atoms with van der Waals surface area (Å²) in [6.45, 7) is 1.46. The number of nitrogens with one attached hydrogen (secondary N) is 1. The Kier molecular flexibility index (Phi) is 8.75. The molecule has 1 N–H and O–H groups in total. The smallest absolute Gasteiger partial charge is 0.243 e. The van der Waals surface area contributed by atoms with Crippen LogP contribution in [0, 0.1) is 0 Å². The molecule has 0 aliphatic heterocycles. The van der Waals surface area contributed by atoms with Crippen molar-refractivity contribution >= 4 is 50.7 Å². The van der Waals surface area contributed by atoms with Crippen LogP contribution in [0.4, 0.5) is 0 Å². The van der Waals surface area contributed by atoms with Crippen LogP contribution in [0.15, 0.2) is 47.4 Å². The highest BCUT2D eigenvalue weighted by atomic mass is 35.5.